The number of benzene rings is 2. The first-order chi connectivity index (χ1) is 9.97. The lowest BCUT2D eigenvalue weighted by molar-refractivity contribution is -0.384. The van der Waals surface area contributed by atoms with Crippen molar-refractivity contribution < 1.29 is 14.8 Å². The highest BCUT2D eigenvalue weighted by molar-refractivity contribution is 6.07. The van der Waals surface area contributed by atoms with Crippen molar-refractivity contribution in [1.29, 1.82) is 0 Å². The van der Waals surface area contributed by atoms with Crippen LogP contribution in [-0.2, 0) is 0 Å². The average Bonchev–Trinajstić information content (AvgIpc) is 2.48. The van der Waals surface area contributed by atoms with Gasteiger partial charge in [0.2, 0.25) is 0 Å². The predicted octanol–water partition coefficient (Wildman–Crippen LogP) is 3.50. The zero-order chi connectivity index (χ0) is 15.4. The number of rotatable bonds is 4. The molecule has 2 rings (SSSR count). The van der Waals surface area contributed by atoms with E-state index in [4.69, 9.17) is 0 Å². The summed E-state index contributed by atoms with van der Waals surface area (Å²) in [5, 5.41) is 20.1. The van der Waals surface area contributed by atoms with Crippen molar-refractivity contribution in [2.75, 3.05) is 0 Å². The molecule has 0 saturated heterocycles. The number of aryl methyl sites for hydroxylation is 1. The molecule has 1 N–H and O–H groups in total. The standard InChI is InChI=1S/C16H13NO4/c1-11-9-13(6-8-15(11)18)16(19)7-5-12-3-2-4-14(10-12)17(20)21/h2-10,18H,1H3/b7-5+. The first-order valence-corrected chi connectivity index (χ1v) is 6.24. The topological polar surface area (TPSA) is 80.4 Å². The number of aromatic hydroxyl groups is 1. The van der Waals surface area contributed by atoms with Crippen LogP contribution >= 0.6 is 0 Å². The lowest BCUT2D eigenvalue weighted by Crippen LogP contribution is -1.94. The molecule has 106 valence electrons. The van der Waals surface area contributed by atoms with Gasteiger partial charge in [0.1, 0.15) is 5.75 Å². The number of phenols is 1. The van der Waals surface area contributed by atoms with E-state index >= 15 is 0 Å². The summed E-state index contributed by atoms with van der Waals surface area (Å²) in [5.74, 6) is -0.0983. The van der Waals surface area contributed by atoms with Gasteiger partial charge in [0.05, 0.1) is 4.92 Å². The number of hydrogen-bond acceptors (Lipinski definition) is 4. The maximum absolute atomic E-state index is 12.0. The van der Waals surface area contributed by atoms with E-state index in [2.05, 4.69) is 0 Å². The quantitative estimate of drug-likeness (QED) is 0.403. The summed E-state index contributed by atoms with van der Waals surface area (Å²) in [6, 6.07) is 10.6. The van der Waals surface area contributed by atoms with Gasteiger partial charge in [0.25, 0.3) is 5.69 Å². The second-order valence-electron chi connectivity index (χ2n) is 4.55. The molecule has 5 heteroatoms. The minimum atomic E-state index is -0.484. The van der Waals surface area contributed by atoms with Crippen molar-refractivity contribution in [3.05, 3.63) is 75.3 Å². The van der Waals surface area contributed by atoms with Gasteiger partial charge in [-0.3, -0.25) is 14.9 Å². The van der Waals surface area contributed by atoms with Crippen molar-refractivity contribution in [3.8, 4) is 5.75 Å². The van der Waals surface area contributed by atoms with Crippen molar-refractivity contribution in [2.45, 2.75) is 6.92 Å². The molecule has 21 heavy (non-hydrogen) atoms. The second-order valence-corrected chi connectivity index (χ2v) is 4.55. The van der Waals surface area contributed by atoms with Gasteiger partial charge < -0.3 is 5.11 Å². The van der Waals surface area contributed by atoms with Crippen LogP contribution in [0.4, 0.5) is 5.69 Å². The number of ketones is 1. The molecule has 0 spiro atoms. The number of carbonyl (C=O) groups excluding carboxylic acids is 1. The fourth-order valence-electron chi connectivity index (χ4n) is 1.82. The van der Waals surface area contributed by atoms with Crippen LogP contribution in [0, 0.1) is 17.0 Å². The van der Waals surface area contributed by atoms with Crippen molar-refractivity contribution >= 4 is 17.5 Å². The molecule has 0 aliphatic carbocycles. The van der Waals surface area contributed by atoms with Crippen molar-refractivity contribution in [2.24, 2.45) is 0 Å². The number of non-ortho nitro benzene ring substituents is 1. The number of nitrogens with zero attached hydrogens (tertiary/aromatic N) is 1. The lowest BCUT2D eigenvalue weighted by Gasteiger charge is -2.01. The summed E-state index contributed by atoms with van der Waals surface area (Å²) < 4.78 is 0. The molecule has 0 unspecified atom stereocenters. The van der Waals surface area contributed by atoms with E-state index in [1.165, 1.54) is 36.4 Å². The summed E-state index contributed by atoms with van der Waals surface area (Å²) >= 11 is 0. The van der Waals surface area contributed by atoms with Crippen LogP contribution in [-0.4, -0.2) is 15.8 Å². The zero-order valence-corrected chi connectivity index (χ0v) is 11.3. The molecular formula is C16H13NO4. The zero-order valence-electron chi connectivity index (χ0n) is 11.3. The summed E-state index contributed by atoms with van der Waals surface area (Å²) in [7, 11) is 0. The average molecular weight is 283 g/mol. The first-order valence-electron chi connectivity index (χ1n) is 6.24. The van der Waals surface area contributed by atoms with Crippen LogP contribution in [0.15, 0.2) is 48.5 Å². The molecule has 2 aromatic rings. The van der Waals surface area contributed by atoms with Crippen LogP contribution in [0.5, 0.6) is 5.75 Å². The number of carbonyl (C=O) groups is 1. The Morgan fingerprint density at radius 3 is 2.67 bits per heavy atom. The van der Waals surface area contributed by atoms with E-state index in [1.807, 2.05) is 0 Å². The molecule has 5 nitrogen and oxygen atoms in total. The molecule has 0 aliphatic rings. The molecule has 0 aliphatic heterocycles. The highest BCUT2D eigenvalue weighted by atomic mass is 16.6. The number of nitro groups is 1. The molecule has 0 aromatic heterocycles. The highest BCUT2D eigenvalue weighted by Crippen LogP contribution is 2.18. The van der Waals surface area contributed by atoms with Crippen LogP contribution in [0.2, 0.25) is 0 Å². The first kappa shape index (κ1) is 14.5. The fourth-order valence-corrected chi connectivity index (χ4v) is 1.82. The third-order valence-corrected chi connectivity index (χ3v) is 2.99. The smallest absolute Gasteiger partial charge is 0.270 e. The predicted molar refractivity (Wildman–Crippen MR) is 79.3 cm³/mol. The Hall–Kier alpha value is -2.95. The third-order valence-electron chi connectivity index (χ3n) is 2.99. The molecule has 0 radical (unpaired) electrons. The molecule has 0 fully saturated rings. The number of hydrogen-bond donors (Lipinski definition) is 1. The Morgan fingerprint density at radius 1 is 1.24 bits per heavy atom. The van der Waals surface area contributed by atoms with Gasteiger partial charge in [-0.1, -0.05) is 18.2 Å². The molecule has 0 saturated carbocycles. The van der Waals surface area contributed by atoms with Gasteiger partial charge in [-0.25, -0.2) is 0 Å². The molecule has 0 bridgehead atoms. The van der Waals surface area contributed by atoms with Gasteiger partial charge in [-0.2, -0.15) is 0 Å². The Labute approximate surface area is 121 Å². The Kier molecular flexibility index (Phi) is 4.13. The van der Waals surface area contributed by atoms with Gasteiger partial charge >= 0.3 is 0 Å². The molecular weight excluding hydrogens is 270 g/mol. The van der Waals surface area contributed by atoms with E-state index in [0.29, 0.717) is 16.7 Å². The Balaban J connectivity index is 2.20. The minimum absolute atomic E-state index is 0.0231. The maximum atomic E-state index is 12.0. The number of nitro benzene ring substituents is 1. The molecule has 0 atom stereocenters. The maximum Gasteiger partial charge on any atom is 0.270 e. The van der Waals surface area contributed by atoms with E-state index in [1.54, 1.807) is 25.1 Å². The van der Waals surface area contributed by atoms with Crippen LogP contribution in [0.25, 0.3) is 6.08 Å². The molecule has 0 amide bonds. The van der Waals surface area contributed by atoms with Crippen LogP contribution in [0.1, 0.15) is 21.5 Å². The van der Waals surface area contributed by atoms with E-state index in [-0.39, 0.29) is 17.2 Å². The monoisotopic (exact) mass is 283 g/mol. The molecule has 0 heterocycles. The van der Waals surface area contributed by atoms with Crippen molar-refractivity contribution in [3.63, 3.8) is 0 Å². The summed E-state index contributed by atoms with van der Waals surface area (Å²) in [5.41, 5.74) is 1.62. The van der Waals surface area contributed by atoms with Crippen molar-refractivity contribution in [1.82, 2.24) is 0 Å². The Morgan fingerprint density at radius 2 is 2.00 bits per heavy atom. The van der Waals surface area contributed by atoms with Crippen LogP contribution < -0.4 is 0 Å². The summed E-state index contributed by atoms with van der Waals surface area (Å²) in [6.45, 7) is 1.70. The normalized spacial score (nSPS) is 10.7. The number of allylic oxidation sites excluding steroid dienone is 1. The van der Waals surface area contributed by atoms with E-state index in [0.717, 1.165) is 0 Å². The molecule has 2 aromatic carbocycles. The largest absolute Gasteiger partial charge is 0.508 e. The SMILES string of the molecule is Cc1cc(C(=O)/C=C/c2cccc([N+](=O)[O-])c2)ccc1O. The van der Waals surface area contributed by atoms with Crippen LogP contribution in [0.3, 0.4) is 0 Å². The second kappa shape index (κ2) is 6.00. The van der Waals surface area contributed by atoms with E-state index < -0.39 is 4.92 Å². The van der Waals surface area contributed by atoms with Gasteiger partial charge in [-0.15, -0.1) is 0 Å². The Bertz CT molecular complexity index is 735. The summed E-state index contributed by atoms with van der Waals surface area (Å²) in [6.07, 6.45) is 2.88. The lowest BCUT2D eigenvalue weighted by atomic mass is 10.1. The van der Waals surface area contributed by atoms with Gasteiger partial charge in [-0.05, 0) is 42.3 Å². The fraction of sp³-hybridized carbons (Fsp3) is 0.0625. The van der Waals surface area contributed by atoms with E-state index in [9.17, 15) is 20.0 Å². The highest BCUT2D eigenvalue weighted by Gasteiger charge is 2.06. The number of phenolic OH excluding ortho intramolecular Hbond substituents is 1. The summed E-state index contributed by atoms with van der Waals surface area (Å²) in [4.78, 5) is 22.2. The van der Waals surface area contributed by atoms with Gasteiger partial charge in [0.15, 0.2) is 5.78 Å². The minimum Gasteiger partial charge on any atom is -0.508 e. The van der Waals surface area contributed by atoms with Gasteiger partial charge in [0, 0.05) is 17.7 Å². The third kappa shape index (κ3) is 3.54.